The van der Waals surface area contributed by atoms with Gasteiger partial charge in [0.1, 0.15) is 22.3 Å². The molecule has 2 aromatic rings. The van der Waals surface area contributed by atoms with E-state index in [0.29, 0.717) is 21.0 Å². The highest BCUT2D eigenvalue weighted by atomic mass is 79.9. The minimum Gasteiger partial charge on any atom is -0.495 e. The third-order valence-electron chi connectivity index (χ3n) is 3.03. The smallest absolute Gasteiger partial charge is 0.145 e. The molecule has 0 aliphatic carbocycles. The van der Waals surface area contributed by atoms with E-state index >= 15 is 0 Å². The molecule has 1 unspecified atom stereocenters. The van der Waals surface area contributed by atoms with Crippen LogP contribution in [0.1, 0.15) is 16.0 Å². The lowest BCUT2D eigenvalue weighted by atomic mass is 10.0. The van der Waals surface area contributed by atoms with Crippen LogP contribution in [0.15, 0.2) is 34.8 Å². The zero-order chi connectivity index (χ0) is 15.6. The largest absolute Gasteiger partial charge is 0.495 e. The zero-order valence-corrected chi connectivity index (χ0v) is 15.2. The molecule has 6 heteroatoms. The minimum atomic E-state index is -0.324. The molecule has 112 valence electrons. The van der Waals surface area contributed by atoms with Gasteiger partial charge in [0.15, 0.2) is 0 Å². The molecule has 0 bridgehead atoms. The van der Waals surface area contributed by atoms with Crippen molar-refractivity contribution in [3.8, 4) is 11.5 Å². The van der Waals surface area contributed by atoms with Crippen molar-refractivity contribution in [2.24, 2.45) is 0 Å². The van der Waals surface area contributed by atoms with Gasteiger partial charge >= 0.3 is 0 Å². The molecule has 0 aliphatic heterocycles. The number of benzene rings is 2. The molecule has 21 heavy (non-hydrogen) atoms. The molecule has 0 heterocycles. The maximum atomic E-state index is 13.7. The standard InChI is InChI=1S/C15H12Br2ClFO2/c1-20-12-6-4-9(15(21-2)14(12)18)13(17)8-3-5-10(16)11(19)7-8/h3-7,13H,1-2H3. The highest BCUT2D eigenvalue weighted by Gasteiger charge is 2.20. The summed E-state index contributed by atoms with van der Waals surface area (Å²) in [6.45, 7) is 0. The first-order valence-electron chi connectivity index (χ1n) is 5.99. The Morgan fingerprint density at radius 2 is 1.86 bits per heavy atom. The number of alkyl halides is 1. The normalized spacial score (nSPS) is 12.1. The predicted molar refractivity (Wildman–Crippen MR) is 89.4 cm³/mol. The Hall–Kier alpha value is -0.780. The Labute approximate surface area is 144 Å². The summed E-state index contributed by atoms with van der Waals surface area (Å²) in [5.41, 5.74) is 1.56. The molecule has 1 atom stereocenters. The van der Waals surface area contributed by atoms with E-state index in [1.165, 1.54) is 20.3 Å². The van der Waals surface area contributed by atoms with Gasteiger partial charge in [0.05, 0.1) is 23.5 Å². The van der Waals surface area contributed by atoms with E-state index in [0.717, 1.165) is 11.1 Å². The summed E-state index contributed by atoms with van der Waals surface area (Å²) in [6, 6.07) is 8.54. The topological polar surface area (TPSA) is 18.5 Å². The number of rotatable bonds is 4. The van der Waals surface area contributed by atoms with Crippen LogP contribution in [-0.2, 0) is 0 Å². The molecule has 0 N–H and O–H groups in total. The van der Waals surface area contributed by atoms with E-state index in [1.807, 2.05) is 12.1 Å². The Balaban J connectivity index is 2.50. The lowest BCUT2D eigenvalue weighted by Crippen LogP contribution is -2.00. The van der Waals surface area contributed by atoms with Crippen LogP contribution in [0.3, 0.4) is 0 Å². The summed E-state index contributed by atoms with van der Waals surface area (Å²) in [4.78, 5) is -0.251. The van der Waals surface area contributed by atoms with Crippen LogP contribution in [0.25, 0.3) is 0 Å². The molecule has 2 nitrogen and oxygen atoms in total. The van der Waals surface area contributed by atoms with Crippen LogP contribution in [0.2, 0.25) is 5.02 Å². The van der Waals surface area contributed by atoms with Crippen LogP contribution in [0.4, 0.5) is 4.39 Å². The SMILES string of the molecule is COc1ccc(C(Br)c2ccc(Br)c(F)c2)c(OC)c1Cl. The van der Waals surface area contributed by atoms with Crippen LogP contribution in [0, 0.1) is 5.82 Å². The number of hydrogen-bond acceptors (Lipinski definition) is 2. The second-order valence-electron chi connectivity index (χ2n) is 4.24. The average molecular weight is 439 g/mol. The van der Waals surface area contributed by atoms with Gasteiger partial charge in [0, 0.05) is 5.56 Å². The zero-order valence-electron chi connectivity index (χ0n) is 11.3. The maximum Gasteiger partial charge on any atom is 0.145 e. The van der Waals surface area contributed by atoms with Gasteiger partial charge in [-0.2, -0.15) is 0 Å². The molecular formula is C15H12Br2ClFO2. The minimum absolute atomic E-state index is 0.251. The summed E-state index contributed by atoms with van der Waals surface area (Å²) >= 11 is 13.0. The van der Waals surface area contributed by atoms with Gasteiger partial charge in [-0.3, -0.25) is 0 Å². The molecule has 2 rings (SSSR count). The quantitative estimate of drug-likeness (QED) is 0.567. The number of methoxy groups -OCH3 is 2. The summed E-state index contributed by atoms with van der Waals surface area (Å²) in [5, 5.41) is 0.388. The maximum absolute atomic E-state index is 13.7. The number of halogens is 4. The monoisotopic (exact) mass is 436 g/mol. The van der Waals surface area contributed by atoms with Gasteiger partial charge in [-0.25, -0.2) is 4.39 Å². The third-order valence-corrected chi connectivity index (χ3v) is 5.05. The van der Waals surface area contributed by atoms with Crippen molar-refractivity contribution in [1.29, 1.82) is 0 Å². The lowest BCUT2D eigenvalue weighted by Gasteiger charge is -2.17. The molecule has 0 saturated carbocycles. The number of ether oxygens (including phenoxy) is 2. The van der Waals surface area contributed by atoms with E-state index in [-0.39, 0.29) is 10.6 Å². The Kier molecular flexibility index (Phi) is 5.52. The van der Waals surface area contributed by atoms with Crippen LogP contribution in [-0.4, -0.2) is 14.2 Å². The van der Waals surface area contributed by atoms with E-state index in [4.69, 9.17) is 21.1 Å². The highest BCUT2D eigenvalue weighted by molar-refractivity contribution is 9.10. The molecule has 0 aromatic heterocycles. The molecule has 0 aliphatic rings. The molecule has 0 saturated heterocycles. The van der Waals surface area contributed by atoms with Gasteiger partial charge in [-0.15, -0.1) is 0 Å². The van der Waals surface area contributed by atoms with Crippen LogP contribution < -0.4 is 9.47 Å². The van der Waals surface area contributed by atoms with Crippen molar-refractivity contribution in [3.05, 3.63) is 56.8 Å². The van der Waals surface area contributed by atoms with Gasteiger partial charge in [-0.05, 0) is 39.7 Å². The van der Waals surface area contributed by atoms with E-state index in [1.54, 1.807) is 12.1 Å². The lowest BCUT2D eigenvalue weighted by molar-refractivity contribution is 0.392. The first-order valence-corrected chi connectivity index (χ1v) is 8.07. The Morgan fingerprint density at radius 3 is 2.43 bits per heavy atom. The average Bonchev–Trinajstić information content (AvgIpc) is 2.49. The third kappa shape index (κ3) is 3.35. The Bertz CT molecular complexity index is 664. The summed E-state index contributed by atoms with van der Waals surface area (Å²) in [7, 11) is 3.07. The van der Waals surface area contributed by atoms with Crippen molar-refractivity contribution >= 4 is 43.5 Å². The fourth-order valence-corrected chi connectivity index (χ4v) is 3.19. The van der Waals surface area contributed by atoms with Crippen molar-refractivity contribution in [1.82, 2.24) is 0 Å². The number of hydrogen-bond donors (Lipinski definition) is 0. The fourth-order valence-electron chi connectivity index (χ4n) is 1.97. The van der Waals surface area contributed by atoms with Gasteiger partial charge in [0.2, 0.25) is 0 Å². The second kappa shape index (κ2) is 6.99. The van der Waals surface area contributed by atoms with Gasteiger partial charge < -0.3 is 9.47 Å². The molecular weight excluding hydrogens is 426 g/mol. The van der Waals surface area contributed by atoms with Crippen molar-refractivity contribution in [2.45, 2.75) is 4.83 Å². The summed E-state index contributed by atoms with van der Waals surface area (Å²) < 4.78 is 24.7. The van der Waals surface area contributed by atoms with Crippen molar-refractivity contribution < 1.29 is 13.9 Å². The first kappa shape index (κ1) is 16.6. The molecule has 0 spiro atoms. The summed E-state index contributed by atoms with van der Waals surface area (Å²) in [6.07, 6.45) is 0. The first-order chi connectivity index (χ1) is 9.99. The molecule has 0 fully saturated rings. The van der Waals surface area contributed by atoms with Crippen molar-refractivity contribution in [3.63, 3.8) is 0 Å². The van der Waals surface area contributed by atoms with E-state index in [2.05, 4.69) is 31.9 Å². The Morgan fingerprint density at radius 1 is 1.14 bits per heavy atom. The molecule has 0 radical (unpaired) electrons. The highest BCUT2D eigenvalue weighted by Crippen LogP contribution is 2.44. The van der Waals surface area contributed by atoms with Crippen LogP contribution in [0.5, 0.6) is 11.5 Å². The second-order valence-corrected chi connectivity index (χ2v) is 6.39. The fraction of sp³-hybridized carbons (Fsp3) is 0.200. The molecule has 2 aromatic carbocycles. The van der Waals surface area contributed by atoms with E-state index in [9.17, 15) is 4.39 Å². The van der Waals surface area contributed by atoms with Gasteiger partial charge in [-0.1, -0.05) is 39.7 Å². The van der Waals surface area contributed by atoms with Gasteiger partial charge in [0.25, 0.3) is 0 Å². The van der Waals surface area contributed by atoms with Crippen molar-refractivity contribution in [2.75, 3.05) is 14.2 Å². The molecule has 0 amide bonds. The van der Waals surface area contributed by atoms with Crippen LogP contribution >= 0.6 is 43.5 Å². The van der Waals surface area contributed by atoms with E-state index < -0.39 is 0 Å². The summed E-state index contributed by atoms with van der Waals surface area (Å²) in [5.74, 6) is 0.704. The predicted octanol–water partition coefficient (Wildman–Crippen LogP) is 5.74.